The fourth-order valence-corrected chi connectivity index (χ4v) is 3.29. The van der Waals surface area contributed by atoms with E-state index in [9.17, 15) is 14.4 Å². The van der Waals surface area contributed by atoms with Crippen LogP contribution in [-0.2, 0) is 9.59 Å². The molecule has 2 aromatic rings. The van der Waals surface area contributed by atoms with Gasteiger partial charge in [-0.15, -0.1) is 0 Å². The number of carboxylic acids is 1. The van der Waals surface area contributed by atoms with Crippen LogP contribution in [0, 0.1) is 6.92 Å². The van der Waals surface area contributed by atoms with Gasteiger partial charge in [-0.3, -0.25) is 19.3 Å². The highest BCUT2D eigenvalue weighted by molar-refractivity contribution is 8.18. The number of carbonyl (C=O) groups is 3. The van der Waals surface area contributed by atoms with E-state index in [1.165, 1.54) is 0 Å². The van der Waals surface area contributed by atoms with Crippen LogP contribution in [-0.4, -0.2) is 38.2 Å². The fraction of sp³-hybridized carbons (Fsp3) is 0.118. The summed E-state index contributed by atoms with van der Waals surface area (Å²) in [7, 11) is 0. The van der Waals surface area contributed by atoms with E-state index in [-0.39, 0.29) is 4.91 Å². The van der Waals surface area contributed by atoms with Crippen LogP contribution in [0.3, 0.4) is 0 Å². The number of benzene rings is 1. The number of carboxylic acid groups (broad SMARTS) is 1. The molecule has 0 spiro atoms. The molecule has 0 bridgehead atoms. The number of aromatic nitrogens is 1. The molecule has 24 heavy (non-hydrogen) atoms. The maximum Gasteiger partial charge on any atom is 0.323 e. The second-order valence-electron chi connectivity index (χ2n) is 5.25. The average Bonchev–Trinajstić information content (AvgIpc) is 3.08. The number of para-hydroxylation sites is 1. The Morgan fingerprint density at radius 3 is 2.67 bits per heavy atom. The van der Waals surface area contributed by atoms with Gasteiger partial charge >= 0.3 is 5.97 Å². The molecule has 1 aliphatic heterocycles. The highest BCUT2D eigenvalue weighted by Crippen LogP contribution is 2.32. The Morgan fingerprint density at radius 1 is 1.21 bits per heavy atom. The second-order valence-corrected chi connectivity index (χ2v) is 6.24. The first kappa shape index (κ1) is 16.1. The normalized spacial score (nSPS) is 16.2. The van der Waals surface area contributed by atoms with Crippen molar-refractivity contribution in [3.05, 3.63) is 58.8 Å². The lowest BCUT2D eigenvalue weighted by Crippen LogP contribution is -2.33. The van der Waals surface area contributed by atoms with Crippen molar-refractivity contribution in [1.82, 2.24) is 9.47 Å². The maximum absolute atomic E-state index is 12.2. The quantitative estimate of drug-likeness (QED) is 0.864. The van der Waals surface area contributed by atoms with Gasteiger partial charge in [-0.05, 0) is 48.5 Å². The van der Waals surface area contributed by atoms with Gasteiger partial charge in [-0.1, -0.05) is 18.2 Å². The standard InChI is InChI=1S/C17H14N2O4S/c1-11-5-2-3-7-13(11)18-8-4-6-12(18)9-14-16(22)19(10-15(20)21)17(23)24-14/h2-9H,10H2,1H3,(H,20,21)/b14-9+. The highest BCUT2D eigenvalue weighted by atomic mass is 32.2. The van der Waals surface area contributed by atoms with Crippen molar-refractivity contribution in [3.8, 4) is 5.69 Å². The summed E-state index contributed by atoms with van der Waals surface area (Å²) in [5.41, 5.74) is 2.78. The van der Waals surface area contributed by atoms with Gasteiger partial charge in [-0.25, -0.2) is 0 Å². The third kappa shape index (κ3) is 2.98. The second kappa shape index (κ2) is 6.37. The Kier molecular flexibility index (Phi) is 4.26. The third-order valence-corrected chi connectivity index (χ3v) is 4.51. The molecule has 122 valence electrons. The SMILES string of the molecule is Cc1ccccc1-n1cccc1/C=C1/SC(=O)N(CC(=O)O)C1=O. The van der Waals surface area contributed by atoms with Crippen molar-refractivity contribution in [3.63, 3.8) is 0 Å². The van der Waals surface area contributed by atoms with Crippen molar-refractivity contribution in [2.75, 3.05) is 6.54 Å². The first-order chi connectivity index (χ1) is 11.5. The van der Waals surface area contributed by atoms with Gasteiger partial charge in [-0.2, -0.15) is 0 Å². The van der Waals surface area contributed by atoms with Gasteiger partial charge in [0, 0.05) is 17.6 Å². The summed E-state index contributed by atoms with van der Waals surface area (Å²) in [6.07, 6.45) is 3.48. The van der Waals surface area contributed by atoms with Crippen LogP contribution in [0.2, 0.25) is 0 Å². The Bertz CT molecular complexity index is 869. The largest absolute Gasteiger partial charge is 0.480 e. The molecule has 3 rings (SSSR count). The molecular weight excluding hydrogens is 328 g/mol. The first-order valence-electron chi connectivity index (χ1n) is 7.18. The lowest BCUT2D eigenvalue weighted by Gasteiger charge is -2.10. The van der Waals surface area contributed by atoms with Crippen molar-refractivity contribution in [1.29, 1.82) is 0 Å². The Balaban J connectivity index is 1.95. The minimum Gasteiger partial charge on any atom is -0.480 e. The molecule has 0 saturated carbocycles. The van der Waals surface area contributed by atoms with E-state index in [1.54, 1.807) is 6.08 Å². The third-order valence-electron chi connectivity index (χ3n) is 3.60. The molecule has 2 amide bonds. The highest BCUT2D eigenvalue weighted by Gasteiger charge is 2.36. The lowest BCUT2D eigenvalue weighted by atomic mass is 10.2. The maximum atomic E-state index is 12.2. The molecule has 0 atom stereocenters. The molecule has 1 N–H and O–H groups in total. The molecule has 1 fully saturated rings. The van der Waals surface area contributed by atoms with Crippen LogP contribution in [0.5, 0.6) is 0 Å². The summed E-state index contributed by atoms with van der Waals surface area (Å²) in [5.74, 6) is -1.80. The zero-order valence-electron chi connectivity index (χ0n) is 12.8. The van der Waals surface area contributed by atoms with Crippen LogP contribution >= 0.6 is 11.8 Å². The summed E-state index contributed by atoms with van der Waals surface area (Å²) < 4.78 is 1.92. The number of aryl methyl sites for hydroxylation is 1. The summed E-state index contributed by atoms with van der Waals surface area (Å²) in [5, 5.41) is 8.23. The topological polar surface area (TPSA) is 79.6 Å². The van der Waals surface area contributed by atoms with Crippen molar-refractivity contribution >= 4 is 35.0 Å². The molecule has 2 heterocycles. The van der Waals surface area contributed by atoms with Crippen molar-refractivity contribution in [2.45, 2.75) is 6.92 Å². The van der Waals surface area contributed by atoms with E-state index >= 15 is 0 Å². The molecule has 0 radical (unpaired) electrons. The van der Waals surface area contributed by atoms with E-state index in [0.717, 1.165) is 33.6 Å². The summed E-state index contributed by atoms with van der Waals surface area (Å²) >= 11 is 0.752. The number of rotatable bonds is 4. The van der Waals surface area contributed by atoms with Crippen LogP contribution in [0.4, 0.5) is 4.79 Å². The van der Waals surface area contributed by atoms with Gasteiger partial charge in [0.25, 0.3) is 11.1 Å². The van der Waals surface area contributed by atoms with Crippen LogP contribution < -0.4 is 0 Å². The molecule has 6 nitrogen and oxygen atoms in total. The van der Waals surface area contributed by atoms with Crippen LogP contribution in [0.15, 0.2) is 47.5 Å². The number of aliphatic carboxylic acids is 1. The molecule has 1 aliphatic rings. The Morgan fingerprint density at radius 2 is 1.96 bits per heavy atom. The van der Waals surface area contributed by atoms with E-state index < -0.39 is 23.7 Å². The molecular formula is C17H14N2O4S. The molecule has 7 heteroatoms. The number of amides is 2. The number of nitrogens with zero attached hydrogens (tertiary/aromatic N) is 2. The molecule has 0 aliphatic carbocycles. The number of hydrogen-bond donors (Lipinski definition) is 1. The van der Waals surface area contributed by atoms with Crippen LogP contribution in [0.25, 0.3) is 11.8 Å². The zero-order chi connectivity index (χ0) is 17.3. The Labute approximate surface area is 142 Å². The molecule has 0 unspecified atom stereocenters. The molecule has 1 aromatic carbocycles. The number of imide groups is 1. The summed E-state index contributed by atoms with van der Waals surface area (Å²) in [6, 6.07) is 11.5. The smallest absolute Gasteiger partial charge is 0.323 e. The van der Waals surface area contributed by atoms with Gasteiger partial charge in [0.2, 0.25) is 0 Å². The fourth-order valence-electron chi connectivity index (χ4n) is 2.47. The van der Waals surface area contributed by atoms with Gasteiger partial charge < -0.3 is 9.67 Å². The first-order valence-corrected chi connectivity index (χ1v) is 7.99. The van der Waals surface area contributed by atoms with E-state index in [4.69, 9.17) is 5.11 Å². The Hall–Kier alpha value is -2.80. The van der Waals surface area contributed by atoms with E-state index in [0.29, 0.717) is 0 Å². The van der Waals surface area contributed by atoms with E-state index in [1.807, 2.05) is 54.1 Å². The molecule has 1 saturated heterocycles. The predicted molar refractivity (Wildman–Crippen MR) is 90.8 cm³/mol. The van der Waals surface area contributed by atoms with Crippen molar-refractivity contribution < 1.29 is 19.5 Å². The number of hydrogen-bond acceptors (Lipinski definition) is 4. The summed E-state index contributed by atoms with van der Waals surface area (Å²) in [6.45, 7) is 1.36. The average molecular weight is 342 g/mol. The van der Waals surface area contributed by atoms with Crippen LogP contribution in [0.1, 0.15) is 11.3 Å². The van der Waals surface area contributed by atoms with Gasteiger partial charge in [0.05, 0.1) is 4.91 Å². The summed E-state index contributed by atoms with van der Waals surface area (Å²) in [4.78, 5) is 35.8. The minimum atomic E-state index is -1.22. The number of carbonyl (C=O) groups excluding carboxylic acids is 2. The van der Waals surface area contributed by atoms with E-state index in [2.05, 4.69) is 0 Å². The van der Waals surface area contributed by atoms with Crippen molar-refractivity contribution in [2.24, 2.45) is 0 Å². The zero-order valence-corrected chi connectivity index (χ0v) is 13.6. The monoisotopic (exact) mass is 342 g/mol. The van der Waals surface area contributed by atoms with Gasteiger partial charge in [0.1, 0.15) is 6.54 Å². The predicted octanol–water partition coefficient (Wildman–Crippen LogP) is 2.91. The van der Waals surface area contributed by atoms with Gasteiger partial charge in [0.15, 0.2) is 0 Å². The lowest BCUT2D eigenvalue weighted by molar-refractivity contribution is -0.140. The minimum absolute atomic E-state index is 0.217. The number of thioether (sulfide) groups is 1. The molecule has 1 aromatic heterocycles.